The molecule has 1 aromatic heterocycles. The minimum atomic E-state index is -0.207. The van der Waals surface area contributed by atoms with Crippen molar-refractivity contribution in [3.05, 3.63) is 59.4 Å². The summed E-state index contributed by atoms with van der Waals surface area (Å²) in [6, 6.07) is 11.0. The lowest BCUT2D eigenvalue weighted by atomic mass is 10.1. The van der Waals surface area contributed by atoms with Crippen LogP contribution in [-0.4, -0.2) is 18.0 Å². The molecule has 21 heavy (non-hydrogen) atoms. The molecule has 0 saturated carbocycles. The molecule has 5 nitrogen and oxygen atoms in total. The molecule has 0 saturated heterocycles. The Morgan fingerprint density at radius 2 is 2.00 bits per heavy atom. The van der Waals surface area contributed by atoms with Gasteiger partial charge in [0.05, 0.1) is 13.2 Å². The van der Waals surface area contributed by atoms with Crippen LogP contribution in [0.2, 0.25) is 0 Å². The molecule has 0 aliphatic heterocycles. The molecule has 0 bridgehead atoms. The number of ether oxygens (including phenoxy) is 1. The summed E-state index contributed by atoms with van der Waals surface area (Å²) in [4.78, 5) is 16.2. The number of rotatable bonds is 5. The third-order valence-electron chi connectivity index (χ3n) is 3.26. The molecule has 1 heterocycles. The fraction of sp³-hybridized carbons (Fsp3) is 0.250. The van der Waals surface area contributed by atoms with Gasteiger partial charge in [0.2, 0.25) is 0 Å². The SMILES string of the molecule is COc1ccc(C(C)NC(=O)c2ccc(CN)cn2)cc1. The van der Waals surface area contributed by atoms with Crippen LogP contribution in [0.25, 0.3) is 0 Å². The van der Waals surface area contributed by atoms with Gasteiger partial charge in [-0.05, 0) is 36.2 Å². The van der Waals surface area contributed by atoms with Crippen LogP contribution >= 0.6 is 0 Å². The van der Waals surface area contributed by atoms with Crippen LogP contribution in [0.4, 0.5) is 0 Å². The Balaban J connectivity index is 2.03. The summed E-state index contributed by atoms with van der Waals surface area (Å²) in [7, 11) is 1.62. The number of hydrogen-bond donors (Lipinski definition) is 2. The van der Waals surface area contributed by atoms with Crippen LogP contribution in [-0.2, 0) is 6.54 Å². The Bertz CT molecular complexity index is 594. The minimum absolute atomic E-state index is 0.112. The monoisotopic (exact) mass is 285 g/mol. The van der Waals surface area contributed by atoms with Crippen molar-refractivity contribution >= 4 is 5.91 Å². The summed E-state index contributed by atoms with van der Waals surface area (Å²) >= 11 is 0. The van der Waals surface area contributed by atoms with E-state index in [1.807, 2.05) is 31.2 Å². The topological polar surface area (TPSA) is 77.2 Å². The Kier molecular flexibility index (Phi) is 4.90. The highest BCUT2D eigenvalue weighted by molar-refractivity contribution is 5.92. The molecular weight excluding hydrogens is 266 g/mol. The number of hydrogen-bond acceptors (Lipinski definition) is 4. The zero-order valence-corrected chi connectivity index (χ0v) is 12.2. The number of nitrogens with two attached hydrogens (primary N) is 1. The number of pyridine rings is 1. The van der Waals surface area contributed by atoms with Crippen LogP contribution < -0.4 is 15.8 Å². The number of benzene rings is 1. The van der Waals surface area contributed by atoms with Crippen molar-refractivity contribution in [2.45, 2.75) is 19.5 Å². The number of carbonyl (C=O) groups excluding carboxylic acids is 1. The number of nitrogens with zero attached hydrogens (tertiary/aromatic N) is 1. The van der Waals surface area contributed by atoms with Crippen molar-refractivity contribution in [1.82, 2.24) is 10.3 Å². The van der Waals surface area contributed by atoms with Gasteiger partial charge in [-0.2, -0.15) is 0 Å². The molecule has 0 radical (unpaired) electrons. The highest BCUT2D eigenvalue weighted by atomic mass is 16.5. The molecule has 2 rings (SSSR count). The second-order valence-corrected chi connectivity index (χ2v) is 4.72. The molecule has 2 aromatic rings. The van der Waals surface area contributed by atoms with Gasteiger partial charge in [0.25, 0.3) is 5.91 Å². The second-order valence-electron chi connectivity index (χ2n) is 4.72. The predicted molar refractivity (Wildman–Crippen MR) is 81.0 cm³/mol. The van der Waals surface area contributed by atoms with E-state index in [0.717, 1.165) is 16.9 Å². The van der Waals surface area contributed by atoms with Gasteiger partial charge in [-0.25, -0.2) is 0 Å². The quantitative estimate of drug-likeness (QED) is 0.881. The lowest BCUT2D eigenvalue weighted by molar-refractivity contribution is 0.0935. The number of aromatic nitrogens is 1. The lowest BCUT2D eigenvalue weighted by Gasteiger charge is -2.14. The Morgan fingerprint density at radius 1 is 1.29 bits per heavy atom. The maximum absolute atomic E-state index is 12.1. The molecule has 0 aliphatic rings. The zero-order valence-electron chi connectivity index (χ0n) is 12.2. The molecule has 0 fully saturated rings. The van der Waals surface area contributed by atoms with E-state index in [9.17, 15) is 4.79 Å². The van der Waals surface area contributed by atoms with Crippen LogP contribution in [0.5, 0.6) is 5.75 Å². The normalized spacial score (nSPS) is 11.8. The summed E-state index contributed by atoms with van der Waals surface area (Å²) in [5.74, 6) is 0.582. The van der Waals surface area contributed by atoms with Crippen molar-refractivity contribution in [2.24, 2.45) is 5.73 Å². The maximum Gasteiger partial charge on any atom is 0.270 e. The first-order valence-electron chi connectivity index (χ1n) is 6.74. The van der Waals surface area contributed by atoms with Crippen LogP contribution in [0.3, 0.4) is 0 Å². The molecule has 3 N–H and O–H groups in total. The summed E-state index contributed by atoms with van der Waals surface area (Å²) in [5.41, 5.74) is 7.79. The maximum atomic E-state index is 12.1. The lowest BCUT2D eigenvalue weighted by Crippen LogP contribution is -2.27. The number of carbonyl (C=O) groups is 1. The van der Waals surface area contributed by atoms with Crippen molar-refractivity contribution in [3.8, 4) is 5.75 Å². The van der Waals surface area contributed by atoms with Crippen molar-refractivity contribution in [1.29, 1.82) is 0 Å². The van der Waals surface area contributed by atoms with E-state index in [-0.39, 0.29) is 11.9 Å². The summed E-state index contributed by atoms with van der Waals surface area (Å²) in [6.45, 7) is 2.34. The van der Waals surface area contributed by atoms with E-state index in [0.29, 0.717) is 12.2 Å². The third kappa shape index (κ3) is 3.79. The van der Waals surface area contributed by atoms with Gasteiger partial charge in [0, 0.05) is 12.7 Å². The third-order valence-corrected chi connectivity index (χ3v) is 3.26. The van der Waals surface area contributed by atoms with Gasteiger partial charge in [-0.3, -0.25) is 9.78 Å². The molecule has 110 valence electrons. The van der Waals surface area contributed by atoms with Gasteiger partial charge in [0.15, 0.2) is 0 Å². The van der Waals surface area contributed by atoms with Gasteiger partial charge < -0.3 is 15.8 Å². The summed E-state index contributed by atoms with van der Waals surface area (Å²) in [6.07, 6.45) is 1.62. The Labute approximate surface area is 124 Å². The Hall–Kier alpha value is -2.40. The highest BCUT2D eigenvalue weighted by Crippen LogP contribution is 2.17. The fourth-order valence-corrected chi connectivity index (χ4v) is 1.93. The number of amides is 1. The van der Waals surface area contributed by atoms with Crippen molar-refractivity contribution in [2.75, 3.05) is 7.11 Å². The molecule has 1 aromatic carbocycles. The first kappa shape index (κ1) is 15.0. The fourth-order valence-electron chi connectivity index (χ4n) is 1.93. The molecular formula is C16H19N3O2. The first-order chi connectivity index (χ1) is 10.1. The molecule has 1 unspecified atom stereocenters. The van der Waals surface area contributed by atoms with E-state index in [2.05, 4.69) is 10.3 Å². The highest BCUT2D eigenvalue weighted by Gasteiger charge is 2.12. The smallest absolute Gasteiger partial charge is 0.270 e. The van der Waals surface area contributed by atoms with Crippen LogP contribution in [0.15, 0.2) is 42.6 Å². The van der Waals surface area contributed by atoms with E-state index in [4.69, 9.17) is 10.5 Å². The van der Waals surface area contributed by atoms with Crippen LogP contribution in [0.1, 0.15) is 34.6 Å². The van der Waals surface area contributed by atoms with Gasteiger partial charge >= 0.3 is 0 Å². The van der Waals surface area contributed by atoms with Crippen LogP contribution in [0, 0.1) is 0 Å². The van der Waals surface area contributed by atoms with E-state index < -0.39 is 0 Å². The first-order valence-corrected chi connectivity index (χ1v) is 6.74. The summed E-state index contributed by atoms with van der Waals surface area (Å²) in [5, 5.41) is 2.91. The molecule has 0 aliphatic carbocycles. The van der Waals surface area contributed by atoms with Gasteiger partial charge in [-0.1, -0.05) is 18.2 Å². The number of nitrogens with one attached hydrogen (secondary N) is 1. The van der Waals surface area contributed by atoms with Gasteiger partial charge in [0.1, 0.15) is 11.4 Å². The predicted octanol–water partition coefficient (Wildman–Crippen LogP) is 2.04. The minimum Gasteiger partial charge on any atom is -0.497 e. The molecule has 0 spiro atoms. The molecule has 1 atom stereocenters. The second kappa shape index (κ2) is 6.85. The number of methoxy groups -OCH3 is 1. The molecule has 5 heteroatoms. The standard InChI is InChI=1S/C16H19N3O2/c1-11(13-4-6-14(21-2)7-5-13)19-16(20)15-8-3-12(9-17)10-18-15/h3-8,10-11H,9,17H2,1-2H3,(H,19,20). The van der Waals surface area contributed by atoms with E-state index >= 15 is 0 Å². The average Bonchev–Trinajstić information content (AvgIpc) is 2.55. The summed E-state index contributed by atoms with van der Waals surface area (Å²) < 4.78 is 5.11. The molecule has 1 amide bonds. The van der Waals surface area contributed by atoms with E-state index in [1.54, 1.807) is 25.4 Å². The van der Waals surface area contributed by atoms with Gasteiger partial charge in [-0.15, -0.1) is 0 Å². The Morgan fingerprint density at radius 3 is 2.52 bits per heavy atom. The van der Waals surface area contributed by atoms with Crippen molar-refractivity contribution in [3.63, 3.8) is 0 Å². The average molecular weight is 285 g/mol. The van der Waals surface area contributed by atoms with E-state index in [1.165, 1.54) is 0 Å². The largest absolute Gasteiger partial charge is 0.497 e. The van der Waals surface area contributed by atoms with Crippen molar-refractivity contribution < 1.29 is 9.53 Å². The zero-order chi connectivity index (χ0) is 15.2.